The molecule has 0 saturated heterocycles. The number of rotatable bonds is 18. The molecule has 10 heteroatoms. The Morgan fingerprint density at radius 3 is 1.92 bits per heavy atom. The highest BCUT2D eigenvalue weighted by Gasteiger charge is 2.45. The summed E-state index contributed by atoms with van der Waals surface area (Å²) in [7, 11) is 0. The highest BCUT2D eigenvalue weighted by atomic mass is 16.7. The van der Waals surface area contributed by atoms with Gasteiger partial charge in [0.05, 0.1) is 6.10 Å². The monoisotopic (exact) mass is 551 g/mol. The summed E-state index contributed by atoms with van der Waals surface area (Å²) in [5.74, 6) is -2.33. The van der Waals surface area contributed by atoms with Crippen molar-refractivity contribution in [2.75, 3.05) is 0 Å². The number of carboxylic acid groups (broad SMARTS) is 1. The zero-order chi connectivity index (χ0) is 29.4. The maximum absolute atomic E-state index is 12.5. The first-order chi connectivity index (χ1) is 18.5. The van der Waals surface area contributed by atoms with Gasteiger partial charge in [-0.1, -0.05) is 52.5 Å². The molecule has 2 N–H and O–H groups in total. The van der Waals surface area contributed by atoms with E-state index >= 15 is 0 Å². The zero-order valence-electron chi connectivity index (χ0n) is 24.2. The highest BCUT2D eigenvalue weighted by Crippen LogP contribution is 2.32. The average molecular weight is 552 g/mol. The van der Waals surface area contributed by atoms with E-state index in [1.807, 2.05) is 20.8 Å². The molecule has 0 spiro atoms. The third-order valence-electron chi connectivity index (χ3n) is 5.90. The zero-order valence-corrected chi connectivity index (χ0v) is 24.2. The quantitative estimate of drug-likeness (QED) is 0.0977. The molecule has 0 aliphatic carbocycles. The van der Waals surface area contributed by atoms with Gasteiger partial charge in [0.25, 0.3) is 5.72 Å². The number of unbranched alkanes of at least 4 members (excludes halogenated alkanes) is 4. The number of carboxylic acids is 1. The smallest absolute Gasteiger partial charge is 0.477 e. The van der Waals surface area contributed by atoms with Crippen molar-refractivity contribution in [1.82, 2.24) is 5.32 Å². The van der Waals surface area contributed by atoms with Crippen molar-refractivity contribution < 1.29 is 43.2 Å². The largest absolute Gasteiger partial charge is 0.510 e. The minimum absolute atomic E-state index is 0.00887. The van der Waals surface area contributed by atoms with Crippen LogP contribution >= 0.6 is 0 Å². The lowest BCUT2D eigenvalue weighted by Crippen LogP contribution is -2.59. The molecular weight excluding hydrogens is 506 g/mol. The van der Waals surface area contributed by atoms with Crippen LogP contribution in [-0.2, 0) is 30.3 Å². The fraction of sp³-hybridized carbons (Fsp3) is 0.655. The molecule has 1 unspecified atom stereocenters. The number of hydrogen-bond acceptors (Lipinski definition) is 9. The van der Waals surface area contributed by atoms with Gasteiger partial charge in [-0.15, -0.1) is 0 Å². The topological polar surface area (TPSA) is 137 Å². The normalized spacial score (nSPS) is 13.3. The maximum atomic E-state index is 12.5. The Balaban J connectivity index is 3.37. The fourth-order valence-electron chi connectivity index (χ4n) is 3.66. The summed E-state index contributed by atoms with van der Waals surface area (Å²) >= 11 is 0. The van der Waals surface area contributed by atoms with Crippen LogP contribution in [0, 0.1) is 0 Å². The molecule has 39 heavy (non-hydrogen) atoms. The lowest BCUT2D eigenvalue weighted by Gasteiger charge is -2.32. The molecule has 0 bridgehead atoms. The van der Waals surface area contributed by atoms with E-state index in [-0.39, 0.29) is 36.8 Å². The molecule has 0 heterocycles. The van der Waals surface area contributed by atoms with Gasteiger partial charge in [-0.3, -0.25) is 14.9 Å². The van der Waals surface area contributed by atoms with Crippen LogP contribution in [0.5, 0.6) is 11.5 Å². The maximum Gasteiger partial charge on any atom is 0.510 e. The Labute approximate surface area is 231 Å². The summed E-state index contributed by atoms with van der Waals surface area (Å²) in [6, 6.07) is 4.09. The van der Waals surface area contributed by atoms with Gasteiger partial charge in [-0.05, 0) is 57.7 Å². The number of esters is 2. The van der Waals surface area contributed by atoms with Crippen LogP contribution in [0.3, 0.4) is 0 Å². The van der Waals surface area contributed by atoms with Crippen LogP contribution in [0.25, 0.3) is 0 Å². The molecule has 0 aliphatic rings. The molecule has 0 amide bonds. The summed E-state index contributed by atoms with van der Waals surface area (Å²) in [6.07, 6.45) is 3.94. The summed E-state index contributed by atoms with van der Waals surface area (Å²) in [6.45, 7) is 10.9. The molecule has 0 saturated carbocycles. The number of benzene rings is 1. The number of carbonyl (C=O) groups excluding carboxylic acids is 3. The van der Waals surface area contributed by atoms with Crippen LogP contribution in [0.15, 0.2) is 18.2 Å². The molecule has 10 nitrogen and oxygen atoms in total. The predicted octanol–water partition coefficient (Wildman–Crippen LogP) is 5.93. The van der Waals surface area contributed by atoms with Crippen molar-refractivity contribution in [2.24, 2.45) is 0 Å². The Morgan fingerprint density at radius 2 is 1.44 bits per heavy atom. The molecule has 0 aromatic heterocycles. The average Bonchev–Trinajstić information content (AvgIpc) is 2.85. The second kappa shape index (κ2) is 17.4. The number of hydrogen-bond donors (Lipinski definition) is 2. The molecule has 220 valence electrons. The SMILES string of the molecule is CCCCCC(=O)Oc1ccc(C[C@](NC(C)CC)(OC(=O)OC(C)C)C(=O)O)cc1OC(=O)CCCCC. The van der Waals surface area contributed by atoms with E-state index in [1.165, 1.54) is 18.2 Å². The van der Waals surface area contributed by atoms with E-state index in [0.717, 1.165) is 25.7 Å². The van der Waals surface area contributed by atoms with Gasteiger partial charge in [-0.2, -0.15) is 0 Å². The van der Waals surface area contributed by atoms with Crippen LogP contribution in [0.1, 0.15) is 105 Å². The lowest BCUT2D eigenvalue weighted by atomic mass is 10.00. The first-order valence-electron chi connectivity index (χ1n) is 13.9. The molecule has 0 radical (unpaired) electrons. The van der Waals surface area contributed by atoms with Crippen LogP contribution < -0.4 is 14.8 Å². The molecular formula is C29H45NO9. The van der Waals surface area contributed by atoms with Crippen LogP contribution in [0.2, 0.25) is 0 Å². The minimum atomic E-state index is -2.16. The van der Waals surface area contributed by atoms with Crippen LogP contribution in [0.4, 0.5) is 4.79 Å². The Kier molecular flexibility index (Phi) is 15.2. The van der Waals surface area contributed by atoms with E-state index in [0.29, 0.717) is 24.8 Å². The van der Waals surface area contributed by atoms with Crippen molar-refractivity contribution in [3.05, 3.63) is 23.8 Å². The predicted molar refractivity (Wildman–Crippen MR) is 146 cm³/mol. The second-order valence-electron chi connectivity index (χ2n) is 9.92. The fourth-order valence-corrected chi connectivity index (χ4v) is 3.66. The van der Waals surface area contributed by atoms with E-state index in [9.17, 15) is 24.3 Å². The number of carbonyl (C=O) groups is 4. The number of ether oxygens (including phenoxy) is 4. The number of nitrogens with one attached hydrogen (secondary N) is 1. The van der Waals surface area contributed by atoms with Gasteiger partial charge in [-0.25, -0.2) is 9.59 Å². The second-order valence-corrected chi connectivity index (χ2v) is 9.92. The Morgan fingerprint density at radius 1 is 0.872 bits per heavy atom. The lowest BCUT2D eigenvalue weighted by molar-refractivity contribution is -0.167. The summed E-state index contributed by atoms with van der Waals surface area (Å²) < 4.78 is 21.4. The molecule has 2 atom stereocenters. The standard InChI is InChI=1S/C29H45NO9/c1-7-10-12-14-25(31)37-23-17-16-22(18-24(23)38-26(32)15-13-11-8-2)19-29(27(33)34,30-21(6)9-3)39-28(35)36-20(4)5/h16-18,20-21,30H,7-15,19H2,1-6H3,(H,33,34)/t21?,29-/m0/s1. The van der Waals surface area contributed by atoms with E-state index < -0.39 is 35.9 Å². The third kappa shape index (κ3) is 12.5. The number of aliphatic carboxylic acids is 1. The summed E-state index contributed by atoms with van der Waals surface area (Å²) in [5, 5.41) is 13.1. The van der Waals surface area contributed by atoms with E-state index in [2.05, 4.69) is 5.32 Å². The van der Waals surface area contributed by atoms with Crippen molar-refractivity contribution >= 4 is 24.1 Å². The van der Waals surface area contributed by atoms with Gasteiger partial charge in [0.1, 0.15) is 0 Å². The highest BCUT2D eigenvalue weighted by molar-refractivity contribution is 5.81. The van der Waals surface area contributed by atoms with Crippen molar-refractivity contribution in [2.45, 2.75) is 124 Å². The van der Waals surface area contributed by atoms with Gasteiger partial charge in [0.15, 0.2) is 11.5 Å². The molecule has 0 aliphatic heterocycles. The van der Waals surface area contributed by atoms with Gasteiger partial charge in [0, 0.05) is 25.3 Å². The Hall–Kier alpha value is -3.14. The molecule has 1 rings (SSSR count). The van der Waals surface area contributed by atoms with Gasteiger partial charge in [0.2, 0.25) is 0 Å². The van der Waals surface area contributed by atoms with Gasteiger partial charge < -0.3 is 24.1 Å². The van der Waals surface area contributed by atoms with E-state index in [1.54, 1.807) is 20.8 Å². The van der Waals surface area contributed by atoms with Gasteiger partial charge >= 0.3 is 24.1 Å². The summed E-state index contributed by atoms with van der Waals surface area (Å²) in [5.41, 5.74) is -1.80. The molecule has 0 fully saturated rings. The third-order valence-corrected chi connectivity index (χ3v) is 5.90. The van der Waals surface area contributed by atoms with Crippen molar-refractivity contribution in [3.8, 4) is 11.5 Å². The molecule has 1 aromatic carbocycles. The minimum Gasteiger partial charge on any atom is -0.477 e. The first-order valence-corrected chi connectivity index (χ1v) is 13.9. The van der Waals surface area contributed by atoms with Crippen LogP contribution in [-0.4, -0.2) is 47.0 Å². The molecule has 1 aromatic rings. The first kappa shape index (κ1) is 33.9. The van der Waals surface area contributed by atoms with Crippen molar-refractivity contribution in [1.29, 1.82) is 0 Å². The van der Waals surface area contributed by atoms with Crippen molar-refractivity contribution in [3.63, 3.8) is 0 Å². The Bertz CT molecular complexity index is 947. The summed E-state index contributed by atoms with van der Waals surface area (Å²) in [4.78, 5) is 49.8. The van der Waals surface area contributed by atoms with E-state index in [4.69, 9.17) is 18.9 Å².